The lowest BCUT2D eigenvalue weighted by Crippen LogP contribution is -2.46. The lowest BCUT2D eigenvalue weighted by atomic mass is 10.1. The maximum atomic E-state index is 12.1. The summed E-state index contributed by atoms with van der Waals surface area (Å²) in [6.45, 7) is 3.01. The summed E-state index contributed by atoms with van der Waals surface area (Å²) in [5.74, 6) is 2.66. The maximum Gasteiger partial charge on any atom is 0.329 e. The zero-order valence-electron chi connectivity index (χ0n) is 11.5. The molecule has 1 aromatic rings. The summed E-state index contributed by atoms with van der Waals surface area (Å²) in [5, 5.41) is 0. The molecule has 0 saturated heterocycles. The van der Waals surface area contributed by atoms with Gasteiger partial charge in [0.15, 0.2) is 6.61 Å². The summed E-state index contributed by atoms with van der Waals surface area (Å²) in [4.78, 5) is 14.0. The van der Waals surface area contributed by atoms with Crippen LogP contribution in [0.1, 0.15) is 13.3 Å². The van der Waals surface area contributed by atoms with Gasteiger partial charge in [0, 0.05) is 0 Å². The molecule has 1 aliphatic heterocycles. The molecule has 0 aliphatic carbocycles. The second-order valence-corrected chi connectivity index (χ2v) is 4.47. The van der Waals surface area contributed by atoms with Crippen LogP contribution in [0.25, 0.3) is 0 Å². The number of hydrogen-bond acceptors (Lipinski definition) is 5. The quantitative estimate of drug-likeness (QED) is 0.511. The van der Waals surface area contributed by atoms with Gasteiger partial charge in [0.05, 0.1) is 12.2 Å². The number of hydrogen-bond donors (Lipinski definition) is 1. The highest BCUT2D eigenvalue weighted by molar-refractivity contribution is 5.85. The molecule has 0 amide bonds. The molecule has 1 unspecified atom stereocenters. The summed E-state index contributed by atoms with van der Waals surface area (Å²) < 4.78 is 10.6. The Kier molecular flexibility index (Phi) is 4.36. The van der Waals surface area contributed by atoms with Gasteiger partial charge in [0.2, 0.25) is 0 Å². The van der Waals surface area contributed by atoms with Crippen LogP contribution in [0, 0.1) is 12.3 Å². The van der Waals surface area contributed by atoms with E-state index in [1.165, 1.54) is 0 Å². The number of nitrogens with two attached hydrogens (primary N) is 1. The van der Waals surface area contributed by atoms with Crippen LogP contribution in [0.4, 0.5) is 11.4 Å². The largest absolute Gasteiger partial charge is 0.489 e. The average molecular weight is 274 g/mol. The third kappa shape index (κ3) is 2.64. The number of esters is 1. The number of fused-ring (bicyclic) bond motifs is 1. The molecule has 1 aromatic carbocycles. The van der Waals surface area contributed by atoms with E-state index in [1.54, 1.807) is 6.07 Å². The van der Waals surface area contributed by atoms with E-state index < -0.39 is 6.04 Å². The van der Waals surface area contributed by atoms with Gasteiger partial charge in [0.25, 0.3) is 0 Å². The minimum Gasteiger partial charge on any atom is -0.489 e. The number of carbonyl (C=O) groups is 1. The Labute approximate surface area is 118 Å². The molecule has 0 aromatic heterocycles. The first-order valence-electron chi connectivity index (χ1n) is 6.57. The third-order valence-electron chi connectivity index (χ3n) is 3.24. The monoisotopic (exact) mass is 274 g/mol. The number of carbonyl (C=O) groups excluding carboxylic acids is 1. The Bertz CT molecular complexity index is 536. The van der Waals surface area contributed by atoms with Crippen molar-refractivity contribution in [2.75, 3.05) is 30.4 Å². The number of nitrogen functional groups attached to an aromatic ring is 1. The fourth-order valence-corrected chi connectivity index (χ4v) is 2.36. The first kappa shape index (κ1) is 14.1. The fourth-order valence-electron chi connectivity index (χ4n) is 2.36. The van der Waals surface area contributed by atoms with Crippen molar-refractivity contribution >= 4 is 17.3 Å². The Morgan fingerprint density at radius 3 is 3.15 bits per heavy atom. The van der Waals surface area contributed by atoms with E-state index in [0.717, 1.165) is 5.69 Å². The second kappa shape index (κ2) is 6.20. The van der Waals surface area contributed by atoms with Crippen molar-refractivity contribution in [2.24, 2.45) is 0 Å². The predicted molar refractivity (Wildman–Crippen MR) is 77.6 cm³/mol. The molecular formula is C15H18N2O3. The van der Waals surface area contributed by atoms with Gasteiger partial charge in [0.1, 0.15) is 24.1 Å². The summed E-state index contributed by atoms with van der Waals surface area (Å²) in [6.07, 6.45) is 5.73. The van der Waals surface area contributed by atoms with E-state index in [-0.39, 0.29) is 12.6 Å². The van der Waals surface area contributed by atoms with Gasteiger partial charge in [-0.05, 0) is 18.6 Å². The molecule has 0 spiro atoms. The SMILES string of the molecule is C#CCOC(=O)C(CC)N1CCOc2cccc(N)c21. The number of benzene rings is 1. The fraction of sp³-hybridized carbons (Fsp3) is 0.400. The first-order chi connectivity index (χ1) is 9.69. The molecule has 5 nitrogen and oxygen atoms in total. The molecule has 1 atom stereocenters. The van der Waals surface area contributed by atoms with E-state index in [0.29, 0.717) is 31.0 Å². The van der Waals surface area contributed by atoms with Gasteiger partial charge in [-0.15, -0.1) is 6.42 Å². The molecule has 2 rings (SSSR count). The zero-order valence-corrected chi connectivity index (χ0v) is 11.5. The van der Waals surface area contributed by atoms with Crippen molar-refractivity contribution in [3.8, 4) is 18.1 Å². The van der Waals surface area contributed by atoms with Crippen LogP contribution >= 0.6 is 0 Å². The molecule has 0 radical (unpaired) electrons. The Balaban J connectivity index is 2.29. The molecular weight excluding hydrogens is 256 g/mol. The number of ether oxygens (including phenoxy) is 2. The molecule has 0 bridgehead atoms. The van der Waals surface area contributed by atoms with Crippen LogP contribution in [0.2, 0.25) is 0 Å². The normalized spacial score (nSPS) is 14.7. The molecule has 1 heterocycles. The van der Waals surface area contributed by atoms with Crippen LogP contribution in [0.3, 0.4) is 0 Å². The Morgan fingerprint density at radius 1 is 1.65 bits per heavy atom. The van der Waals surface area contributed by atoms with Crippen LogP contribution in [0.5, 0.6) is 5.75 Å². The molecule has 5 heteroatoms. The third-order valence-corrected chi connectivity index (χ3v) is 3.24. The van der Waals surface area contributed by atoms with Crippen molar-refractivity contribution in [3.05, 3.63) is 18.2 Å². The van der Waals surface area contributed by atoms with Gasteiger partial charge in [-0.1, -0.05) is 18.9 Å². The highest BCUT2D eigenvalue weighted by Gasteiger charge is 2.31. The van der Waals surface area contributed by atoms with Crippen molar-refractivity contribution in [1.82, 2.24) is 0 Å². The Hall–Kier alpha value is -2.35. The van der Waals surface area contributed by atoms with Gasteiger partial charge in [-0.3, -0.25) is 0 Å². The van der Waals surface area contributed by atoms with Gasteiger partial charge in [-0.2, -0.15) is 0 Å². The number of anilines is 2. The van der Waals surface area contributed by atoms with E-state index in [9.17, 15) is 4.79 Å². The van der Waals surface area contributed by atoms with Crippen LogP contribution in [-0.2, 0) is 9.53 Å². The lowest BCUT2D eigenvalue weighted by Gasteiger charge is -2.36. The van der Waals surface area contributed by atoms with Crippen LogP contribution in [-0.4, -0.2) is 31.8 Å². The highest BCUT2D eigenvalue weighted by Crippen LogP contribution is 2.38. The lowest BCUT2D eigenvalue weighted by molar-refractivity contribution is -0.143. The second-order valence-electron chi connectivity index (χ2n) is 4.47. The number of para-hydroxylation sites is 1. The van der Waals surface area contributed by atoms with Gasteiger partial charge >= 0.3 is 5.97 Å². The summed E-state index contributed by atoms with van der Waals surface area (Å²) in [7, 11) is 0. The first-order valence-corrected chi connectivity index (χ1v) is 6.57. The summed E-state index contributed by atoms with van der Waals surface area (Å²) in [5.41, 5.74) is 7.36. The minimum atomic E-state index is -0.407. The van der Waals surface area contributed by atoms with Crippen molar-refractivity contribution < 1.29 is 14.3 Å². The summed E-state index contributed by atoms with van der Waals surface area (Å²) in [6, 6.07) is 5.06. The standard InChI is InChI=1S/C15H18N2O3/c1-3-9-20-15(18)12(4-2)17-8-10-19-13-7-5-6-11(16)14(13)17/h1,5-7,12H,4,8-10,16H2,2H3. The molecule has 20 heavy (non-hydrogen) atoms. The van der Waals surface area contributed by atoms with E-state index in [4.69, 9.17) is 21.6 Å². The zero-order chi connectivity index (χ0) is 14.5. The topological polar surface area (TPSA) is 64.8 Å². The molecule has 2 N–H and O–H groups in total. The van der Waals surface area contributed by atoms with E-state index in [1.807, 2.05) is 24.0 Å². The van der Waals surface area contributed by atoms with Crippen LogP contribution < -0.4 is 15.4 Å². The van der Waals surface area contributed by atoms with Crippen molar-refractivity contribution in [2.45, 2.75) is 19.4 Å². The van der Waals surface area contributed by atoms with Crippen molar-refractivity contribution in [3.63, 3.8) is 0 Å². The molecule has 1 aliphatic rings. The number of rotatable bonds is 4. The predicted octanol–water partition coefficient (Wildman–Crippen LogP) is 1.42. The molecule has 0 saturated carbocycles. The van der Waals surface area contributed by atoms with Crippen LogP contribution in [0.15, 0.2) is 18.2 Å². The van der Waals surface area contributed by atoms with Gasteiger partial charge < -0.3 is 20.1 Å². The number of nitrogens with zero attached hydrogens (tertiary/aromatic N) is 1. The molecule has 106 valence electrons. The molecule has 0 fully saturated rings. The number of terminal acetylenes is 1. The Morgan fingerprint density at radius 2 is 2.45 bits per heavy atom. The van der Waals surface area contributed by atoms with E-state index >= 15 is 0 Å². The smallest absolute Gasteiger partial charge is 0.329 e. The van der Waals surface area contributed by atoms with Gasteiger partial charge in [-0.25, -0.2) is 4.79 Å². The maximum absolute atomic E-state index is 12.1. The minimum absolute atomic E-state index is 0.0171. The van der Waals surface area contributed by atoms with Crippen molar-refractivity contribution in [1.29, 1.82) is 0 Å². The summed E-state index contributed by atoms with van der Waals surface area (Å²) >= 11 is 0. The average Bonchev–Trinajstić information content (AvgIpc) is 2.46. The van der Waals surface area contributed by atoms with E-state index in [2.05, 4.69) is 5.92 Å². The highest BCUT2D eigenvalue weighted by atomic mass is 16.5.